The second-order valence-corrected chi connectivity index (χ2v) is 5.29. The van der Waals surface area contributed by atoms with Crippen molar-refractivity contribution in [1.29, 1.82) is 0 Å². The van der Waals surface area contributed by atoms with Gasteiger partial charge in [-0.1, -0.05) is 31.5 Å². The summed E-state index contributed by atoms with van der Waals surface area (Å²) in [5, 5.41) is 3.08. The van der Waals surface area contributed by atoms with E-state index in [9.17, 15) is 0 Å². The van der Waals surface area contributed by atoms with Gasteiger partial charge in [0.25, 0.3) is 0 Å². The predicted octanol–water partition coefficient (Wildman–Crippen LogP) is 3.71. The second-order valence-electron chi connectivity index (χ2n) is 5.29. The average Bonchev–Trinajstić information content (AvgIpc) is 3.02. The lowest BCUT2D eigenvalue weighted by Gasteiger charge is -2.28. The Hall–Kier alpha value is -1.94. The van der Waals surface area contributed by atoms with Crippen molar-refractivity contribution in [3.63, 3.8) is 0 Å². The number of rotatable bonds is 4. The molecule has 0 saturated carbocycles. The molecule has 2 aromatic rings. The van der Waals surface area contributed by atoms with Gasteiger partial charge in [0.15, 0.2) is 0 Å². The van der Waals surface area contributed by atoms with Crippen molar-refractivity contribution in [3.8, 4) is 0 Å². The zero-order valence-corrected chi connectivity index (χ0v) is 11.9. The predicted molar refractivity (Wildman–Crippen MR) is 78.5 cm³/mol. The number of hydrogen-bond acceptors (Lipinski definition) is 4. The van der Waals surface area contributed by atoms with Gasteiger partial charge < -0.3 is 15.0 Å². The Morgan fingerprint density at radius 1 is 1.35 bits per heavy atom. The summed E-state index contributed by atoms with van der Waals surface area (Å²) in [5.74, 6) is 0.461. The number of nitrogens with zero attached hydrogens (tertiary/aromatic N) is 1. The number of hydroxylamine groups is 2. The van der Waals surface area contributed by atoms with Crippen molar-refractivity contribution in [2.75, 3.05) is 0 Å². The summed E-state index contributed by atoms with van der Waals surface area (Å²) in [5.41, 5.74) is 7.86. The van der Waals surface area contributed by atoms with Crippen LogP contribution in [0.2, 0.25) is 0 Å². The smallest absolute Gasteiger partial charge is 0.207 e. The maximum atomic E-state index is 5.87. The molecule has 0 amide bonds. The number of nitrogens with two attached hydrogens (primary N) is 1. The molecule has 2 heterocycles. The van der Waals surface area contributed by atoms with Crippen molar-refractivity contribution in [1.82, 2.24) is 5.06 Å². The number of hydrogen-bond donors (Lipinski definition) is 1. The molecule has 1 aromatic heterocycles. The van der Waals surface area contributed by atoms with Gasteiger partial charge in [-0.25, -0.2) is 0 Å². The molecule has 20 heavy (non-hydrogen) atoms. The molecule has 0 saturated heterocycles. The van der Waals surface area contributed by atoms with E-state index in [-0.39, 0.29) is 6.04 Å². The Bertz CT molecular complexity index is 632. The Kier molecular flexibility index (Phi) is 3.40. The molecule has 4 nitrogen and oxygen atoms in total. The normalized spacial score (nSPS) is 20.9. The van der Waals surface area contributed by atoms with Crippen molar-refractivity contribution in [2.24, 2.45) is 5.73 Å². The van der Waals surface area contributed by atoms with E-state index in [1.165, 1.54) is 0 Å². The number of fused-ring (bicyclic) bond motifs is 1. The molecule has 1 aliphatic rings. The molecule has 3 rings (SSSR count). The Morgan fingerprint density at radius 2 is 2.15 bits per heavy atom. The lowest BCUT2D eigenvalue weighted by molar-refractivity contribution is -0.149. The minimum absolute atomic E-state index is 0.0141. The summed E-state index contributed by atoms with van der Waals surface area (Å²) in [6.45, 7) is 4.33. The fourth-order valence-electron chi connectivity index (χ4n) is 2.80. The van der Waals surface area contributed by atoms with Crippen LogP contribution in [0.3, 0.4) is 0 Å². The van der Waals surface area contributed by atoms with Gasteiger partial charge >= 0.3 is 0 Å². The molecule has 106 valence electrons. The third kappa shape index (κ3) is 2.16. The first-order valence-electron chi connectivity index (χ1n) is 7.10. The zero-order chi connectivity index (χ0) is 14.1. The van der Waals surface area contributed by atoms with E-state index >= 15 is 0 Å². The van der Waals surface area contributed by atoms with Gasteiger partial charge in [-0.15, -0.1) is 5.06 Å². The highest BCUT2D eigenvalue weighted by Crippen LogP contribution is 2.37. The van der Waals surface area contributed by atoms with E-state index in [0.717, 1.165) is 29.4 Å². The highest BCUT2D eigenvalue weighted by Gasteiger charge is 2.33. The number of para-hydroxylation sites is 1. The Balaban J connectivity index is 1.98. The molecule has 1 aliphatic heterocycles. The maximum Gasteiger partial charge on any atom is 0.207 e. The van der Waals surface area contributed by atoms with E-state index in [2.05, 4.69) is 19.9 Å². The van der Waals surface area contributed by atoms with Crippen LogP contribution in [-0.4, -0.2) is 11.1 Å². The average molecular weight is 272 g/mol. The SMILES string of the molecule is CCCC(C)N1OC(N)=CC1c1coc2ccccc12. The van der Waals surface area contributed by atoms with Crippen LogP contribution in [0.25, 0.3) is 11.0 Å². The third-order valence-electron chi connectivity index (χ3n) is 3.78. The van der Waals surface area contributed by atoms with E-state index in [0.29, 0.717) is 11.9 Å². The number of benzene rings is 1. The van der Waals surface area contributed by atoms with E-state index in [4.69, 9.17) is 15.0 Å². The Morgan fingerprint density at radius 3 is 2.95 bits per heavy atom. The molecule has 0 aliphatic carbocycles. The molecule has 2 atom stereocenters. The van der Waals surface area contributed by atoms with Crippen LogP contribution in [0, 0.1) is 0 Å². The van der Waals surface area contributed by atoms with Crippen LogP contribution in [0.15, 0.2) is 46.9 Å². The summed E-state index contributed by atoms with van der Waals surface area (Å²) in [6, 6.07) is 8.35. The van der Waals surface area contributed by atoms with Crippen LogP contribution in [0.5, 0.6) is 0 Å². The zero-order valence-electron chi connectivity index (χ0n) is 11.9. The van der Waals surface area contributed by atoms with Crippen LogP contribution in [0.1, 0.15) is 38.3 Å². The van der Waals surface area contributed by atoms with Gasteiger partial charge in [0.05, 0.1) is 12.3 Å². The van der Waals surface area contributed by atoms with Crippen LogP contribution >= 0.6 is 0 Å². The first kappa shape index (κ1) is 13.1. The van der Waals surface area contributed by atoms with Gasteiger partial charge in [-0.2, -0.15) is 0 Å². The fourth-order valence-corrected chi connectivity index (χ4v) is 2.80. The van der Waals surface area contributed by atoms with Gasteiger partial charge in [0.2, 0.25) is 5.88 Å². The third-order valence-corrected chi connectivity index (χ3v) is 3.78. The first-order chi connectivity index (χ1) is 9.70. The minimum Gasteiger partial charge on any atom is -0.464 e. The summed E-state index contributed by atoms with van der Waals surface area (Å²) < 4.78 is 5.63. The molecular formula is C16H20N2O2. The molecule has 0 radical (unpaired) electrons. The molecular weight excluding hydrogens is 252 g/mol. The van der Waals surface area contributed by atoms with E-state index < -0.39 is 0 Å². The highest BCUT2D eigenvalue weighted by atomic mass is 16.7. The van der Waals surface area contributed by atoms with Crippen molar-refractivity contribution >= 4 is 11.0 Å². The second kappa shape index (κ2) is 5.21. The molecule has 0 bridgehead atoms. The summed E-state index contributed by atoms with van der Waals surface area (Å²) >= 11 is 0. The lowest BCUT2D eigenvalue weighted by atomic mass is 10.0. The number of furan rings is 1. The molecule has 1 aromatic carbocycles. The summed E-state index contributed by atoms with van der Waals surface area (Å²) in [7, 11) is 0. The van der Waals surface area contributed by atoms with Crippen LogP contribution in [-0.2, 0) is 4.84 Å². The fraction of sp³-hybridized carbons (Fsp3) is 0.375. The maximum absolute atomic E-state index is 5.87. The van der Waals surface area contributed by atoms with Crippen molar-refractivity contribution < 1.29 is 9.25 Å². The summed E-state index contributed by atoms with van der Waals surface area (Å²) in [4.78, 5) is 5.69. The standard InChI is InChI=1S/C16H20N2O2/c1-3-6-11(2)18-14(9-16(17)20-18)13-10-19-15-8-5-4-7-12(13)15/h4-5,7-11,14H,3,6,17H2,1-2H3. The lowest BCUT2D eigenvalue weighted by Crippen LogP contribution is -2.32. The van der Waals surface area contributed by atoms with Crippen molar-refractivity contribution in [2.45, 2.75) is 38.8 Å². The largest absolute Gasteiger partial charge is 0.464 e. The Labute approximate surface area is 118 Å². The van der Waals surface area contributed by atoms with E-state index in [1.807, 2.05) is 29.3 Å². The van der Waals surface area contributed by atoms with Crippen LogP contribution in [0.4, 0.5) is 0 Å². The molecule has 0 fully saturated rings. The molecule has 0 spiro atoms. The molecule has 4 heteroatoms. The first-order valence-corrected chi connectivity index (χ1v) is 7.10. The monoisotopic (exact) mass is 272 g/mol. The topological polar surface area (TPSA) is 51.6 Å². The van der Waals surface area contributed by atoms with Gasteiger partial charge in [0.1, 0.15) is 5.58 Å². The summed E-state index contributed by atoms with van der Waals surface area (Å²) in [6.07, 6.45) is 5.93. The minimum atomic E-state index is 0.0141. The molecule has 2 unspecified atom stereocenters. The highest BCUT2D eigenvalue weighted by molar-refractivity contribution is 5.81. The quantitative estimate of drug-likeness (QED) is 0.921. The van der Waals surface area contributed by atoms with Gasteiger partial charge in [0, 0.05) is 23.1 Å². The van der Waals surface area contributed by atoms with E-state index in [1.54, 1.807) is 6.26 Å². The van der Waals surface area contributed by atoms with Crippen molar-refractivity contribution in [3.05, 3.63) is 48.1 Å². The van der Waals surface area contributed by atoms with Gasteiger partial charge in [-0.3, -0.25) is 0 Å². The van der Waals surface area contributed by atoms with Crippen LogP contribution < -0.4 is 5.73 Å². The van der Waals surface area contributed by atoms with Gasteiger partial charge in [-0.05, 0) is 19.4 Å². The molecule has 2 N–H and O–H groups in total.